The van der Waals surface area contributed by atoms with Gasteiger partial charge in [-0.05, 0) is 37.5 Å². The normalized spacial score (nSPS) is 15.9. The minimum absolute atomic E-state index is 0.0620. The smallest absolute Gasteiger partial charge is 0.125 e. The molecule has 0 amide bonds. The molecule has 0 bridgehead atoms. The highest BCUT2D eigenvalue weighted by atomic mass is 19.1. The lowest BCUT2D eigenvalue weighted by molar-refractivity contribution is 0.283. The van der Waals surface area contributed by atoms with Gasteiger partial charge in [-0.3, -0.25) is 0 Å². The van der Waals surface area contributed by atoms with Crippen LogP contribution in [0.15, 0.2) is 18.2 Å². The van der Waals surface area contributed by atoms with Crippen molar-refractivity contribution in [2.75, 3.05) is 23.8 Å². The first kappa shape index (κ1) is 11.2. The molecule has 16 heavy (non-hydrogen) atoms. The summed E-state index contributed by atoms with van der Waals surface area (Å²) in [5.74, 6) is -0.286. The van der Waals surface area contributed by atoms with Gasteiger partial charge in [-0.15, -0.1) is 0 Å². The summed E-state index contributed by atoms with van der Waals surface area (Å²) in [6.07, 6.45) is 3.38. The van der Waals surface area contributed by atoms with Crippen LogP contribution in [0.4, 0.5) is 15.8 Å². The van der Waals surface area contributed by atoms with Crippen LogP contribution in [0, 0.1) is 5.82 Å². The molecule has 0 saturated heterocycles. The summed E-state index contributed by atoms with van der Waals surface area (Å²) in [5, 5.41) is 9.05. The van der Waals surface area contributed by atoms with E-state index in [-0.39, 0.29) is 12.4 Å². The molecule has 4 heteroatoms. The number of anilines is 2. The number of halogens is 1. The zero-order valence-electron chi connectivity index (χ0n) is 9.19. The monoisotopic (exact) mass is 224 g/mol. The highest BCUT2D eigenvalue weighted by molar-refractivity contribution is 5.68. The summed E-state index contributed by atoms with van der Waals surface area (Å²) in [7, 11) is 0. The molecule has 0 atom stereocenters. The van der Waals surface area contributed by atoms with E-state index >= 15 is 0 Å². The van der Waals surface area contributed by atoms with Crippen LogP contribution in [0.5, 0.6) is 0 Å². The van der Waals surface area contributed by atoms with Gasteiger partial charge in [0, 0.05) is 12.6 Å². The fourth-order valence-electron chi connectivity index (χ4n) is 2.07. The fraction of sp³-hybridized carbons (Fsp3) is 0.500. The highest BCUT2D eigenvalue weighted by Crippen LogP contribution is 2.32. The molecule has 1 aliphatic rings. The second-order valence-electron chi connectivity index (χ2n) is 4.20. The molecule has 2 rings (SSSR count). The van der Waals surface area contributed by atoms with E-state index in [9.17, 15) is 4.39 Å². The third kappa shape index (κ3) is 2.11. The molecule has 88 valence electrons. The standard InChI is InChI=1S/C12H17FN2O/c13-9-4-5-11(14)12(8-9)15(6-7-16)10-2-1-3-10/h4-5,8,10,16H,1-3,6-7,14H2. The number of benzene rings is 1. The number of nitrogens with two attached hydrogens (primary N) is 1. The van der Waals surface area contributed by atoms with Gasteiger partial charge in [0.25, 0.3) is 0 Å². The molecule has 1 saturated carbocycles. The summed E-state index contributed by atoms with van der Waals surface area (Å²) in [4.78, 5) is 2.02. The third-order valence-corrected chi connectivity index (χ3v) is 3.16. The highest BCUT2D eigenvalue weighted by Gasteiger charge is 2.26. The summed E-state index contributed by atoms with van der Waals surface area (Å²) < 4.78 is 13.2. The van der Waals surface area contributed by atoms with Crippen molar-refractivity contribution in [3.63, 3.8) is 0 Å². The van der Waals surface area contributed by atoms with Crippen LogP contribution in [0.3, 0.4) is 0 Å². The third-order valence-electron chi connectivity index (χ3n) is 3.16. The molecule has 0 aliphatic heterocycles. The Morgan fingerprint density at radius 3 is 2.75 bits per heavy atom. The summed E-state index contributed by atoms with van der Waals surface area (Å²) in [6.45, 7) is 0.574. The van der Waals surface area contributed by atoms with Crippen molar-refractivity contribution in [2.24, 2.45) is 0 Å². The Bertz CT molecular complexity index is 366. The minimum atomic E-state index is -0.286. The quantitative estimate of drug-likeness (QED) is 0.766. The largest absolute Gasteiger partial charge is 0.397 e. The maximum atomic E-state index is 13.2. The number of nitrogens with zero attached hydrogens (tertiary/aromatic N) is 1. The first-order valence-corrected chi connectivity index (χ1v) is 5.65. The molecular formula is C12H17FN2O. The average Bonchev–Trinajstić information content (AvgIpc) is 2.18. The van der Waals surface area contributed by atoms with E-state index in [4.69, 9.17) is 10.8 Å². The second-order valence-corrected chi connectivity index (χ2v) is 4.20. The molecule has 0 radical (unpaired) electrons. The van der Waals surface area contributed by atoms with Gasteiger partial charge in [0.2, 0.25) is 0 Å². The Kier molecular flexibility index (Phi) is 3.29. The fourth-order valence-corrected chi connectivity index (χ4v) is 2.07. The van der Waals surface area contributed by atoms with Crippen LogP contribution in [0.2, 0.25) is 0 Å². The predicted octanol–water partition coefficient (Wildman–Crippen LogP) is 1.76. The molecule has 0 aromatic heterocycles. The van der Waals surface area contributed by atoms with Crippen molar-refractivity contribution in [1.29, 1.82) is 0 Å². The lowest BCUT2D eigenvalue weighted by Gasteiger charge is -2.39. The molecule has 1 aromatic rings. The molecule has 0 unspecified atom stereocenters. The zero-order valence-corrected chi connectivity index (χ0v) is 9.19. The van der Waals surface area contributed by atoms with E-state index in [1.54, 1.807) is 6.07 Å². The van der Waals surface area contributed by atoms with Gasteiger partial charge in [0.05, 0.1) is 18.0 Å². The van der Waals surface area contributed by atoms with Crippen molar-refractivity contribution in [2.45, 2.75) is 25.3 Å². The van der Waals surface area contributed by atoms with E-state index in [0.29, 0.717) is 24.0 Å². The molecule has 0 spiro atoms. The van der Waals surface area contributed by atoms with Crippen LogP contribution >= 0.6 is 0 Å². The molecule has 3 N–H and O–H groups in total. The number of aliphatic hydroxyl groups is 1. The van der Waals surface area contributed by atoms with E-state index in [0.717, 1.165) is 12.8 Å². The predicted molar refractivity (Wildman–Crippen MR) is 62.9 cm³/mol. The number of hydrogen-bond acceptors (Lipinski definition) is 3. The van der Waals surface area contributed by atoms with Gasteiger partial charge in [-0.1, -0.05) is 0 Å². The Morgan fingerprint density at radius 2 is 2.19 bits per heavy atom. The van der Waals surface area contributed by atoms with Gasteiger partial charge < -0.3 is 15.7 Å². The number of rotatable bonds is 4. The molecule has 1 fully saturated rings. The van der Waals surface area contributed by atoms with Crippen molar-refractivity contribution < 1.29 is 9.50 Å². The maximum absolute atomic E-state index is 13.2. The van der Waals surface area contributed by atoms with Crippen molar-refractivity contribution in [3.8, 4) is 0 Å². The van der Waals surface area contributed by atoms with Gasteiger partial charge in [-0.25, -0.2) is 4.39 Å². The van der Waals surface area contributed by atoms with E-state index < -0.39 is 0 Å². The first-order chi connectivity index (χ1) is 7.72. The number of nitrogen functional groups attached to an aromatic ring is 1. The maximum Gasteiger partial charge on any atom is 0.125 e. The van der Waals surface area contributed by atoms with Gasteiger partial charge >= 0.3 is 0 Å². The Hall–Kier alpha value is -1.29. The molecular weight excluding hydrogens is 207 g/mol. The Balaban J connectivity index is 2.25. The molecule has 1 aliphatic carbocycles. The van der Waals surface area contributed by atoms with Crippen molar-refractivity contribution >= 4 is 11.4 Å². The van der Waals surface area contributed by atoms with Crippen molar-refractivity contribution in [1.82, 2.24) is 0 Å². The topological polar surface area (TPSA) is 49.5 Å². The van der Waals surface area contributed by atoms with E-state index in [1.807, 2.05) is 4.90 Å². The van der Waals surface area contributed by atoms with Gasteiger partial charge in [-0.2, -0.15) is 0 Å². The van der Waals surface area contributed by atoms with Crippen LogP contribution in [-0.4, -0.2) is 24.3 Å². The first-order valence-electron chi connectivity index (χ1n) is 5.65. The van der Waals surface area contributed by atoms with Crippen LogP contribution in [-0.2, 0) is 0 Å². The summed E-state index contributed by atoms with van der Waals surface area (Å²) in [6, 6.07) is 4.78. The molecule has 1 aromatic carbocycles. The van der Waals surface area contributed by atoms with E-state index in [2.05, 4.69) is 0 Å². The summed E-state index contributed by atoms with van der Waals surface area (Å²) >= 11 is 0. The SMILES string of the molecule is Nc1ccc(F)cc1N(CCO)C1CCC1. The zero-order chi connectivity index (χ0) is 11.5. The lowest BCUT2D eigenvalue weighted by atomic mass is 9.91. The number of aliphatic hydroxyl groups excluding tert-OH is 1. The minimum Gasteiger partial charge on any atom is -0.397 e. The van der Waals surface area contributed by atoms with E-state index in [1.165, 1.54) is 18.6 Å². The van der Waals surface area contributed by atoms with Crippen LogP contribution < -0.4 is 10.6 Å². The van der Waals surface area contributed by atoms with Crippen LogP contribution in [0.25, 0.3) is 0 Å². The summed E-state index contributed by atoms with van der Waals surface area (Å²) in [5.41, 5.74) is 7.13. The van der Waals surface area contributed by atoms with Crippen molar-refractivity contribution in [3.05, 3.63) is 24.0 Å². The Morgan fingerprint density at radius 1 is 1.44 bits per heavy atom. The van der Waals surface area contributed by atoms with Gasteiger partial charge in [0.1, 0.15) is 5.82 Å². The average molecular weight is 224 g/mol. The number of hydrogen-bond donors (Lipinski definition) is 2. The second kappa shape index (κ2) is 4.70. The molecule has 3 nitrogen and oxygen atoms in total. The van der Waals surface area contributed by atoms with Crippen LogP contribution in [0.1, 0.15) is 19.3 Å². The molecule has 0 heterocycles. The Labute approximate surface area is 94.7 Å². The lowest BCUT2D eigenvalue weighted by Crippen LogP contribution is -2.42. The van der Waals surface area contributed by atoms with Gasteiger partial charge in [0.15, 0.2) is 0 Å².